The highest BCUT2D eigenvalue weighted by Gasteiger charge is 2.44. The SMILES string of the molecule is NC(=O)c1ncn([C@@H]2O[C@H](CO)[C@@H](O)[C@H]2O)c1C#CCCO. The minimum atomic E-state index is -1.33. The van der Waals surface area contributed by atoms with Gasteiger partial charge in [0.15, 0.2) is 11.9 Å². The lowest BCUT2D eigenvalue weighted by atomic mass is 10.1. The quantitative estimate of drug-likeness (QED) is 0.380. The molecule has 0 bridgehead atoms. The van der Waals surface area contributed by atoms with Crippen LogP contribution in [0.1, 0.15) is 28.8 Å². The molecule has 1 aromatic heterocycles. The number of carbonyl (C=O) groups excluding carboxylic acids is 1. The van der Waals surface area contributed by atoms with E-state index in [0.29, 0.717) is 0 Å². The predicted octanol–water partition coefficient (Wildman–Crippen LogP) is -2.67. The van der Waals surface area contributed by atoms with Crippen molar-refractivity contribution in [3.05, 3.63) is 17.7 Å². The van der Waals surface area contributed by atoms with Gasteiger partial charge in [0, 0.05) is 6.42 Å². The summed E-state index contributed by atoms with van der Waals surface area (Å²) in [6, 6.07) is 0. The van der Waals surface area contributed by atoms with Crippen LogP contribution in [-0.2, 0) is 4.74 Å². The highest BCUT2D eigenvalue weighted by Crippen LogP contribution is 2.30. The summed E-state index contributed by atoms with van der Waals surface area (Å²) in [6.07, 6.45) is -3.25. The summed E-state index contributed by atoms with van der Waals surface area (Å²) in [5.74, 6) is 4.47. The molecule has 2 rings (SSSR count). The largest absolute Gasteiger partial charge is 0.395 e. The van der Waals surface area contributed by atoms with Gasteiger partial charge in [0.25, 0.3) is 5.91 Å². The highest BCUT2D eigenvalue weighted by molar-refractivity contribution is 5.93. The number of nitrogens with zero attached hydrogens (tertiary/aromatic N) is 2. The summed E-state index contributed by atoms with van der Waals surface area (Å²) in [5.41, 5.74) is 5.22. The Labute approximate surface area is 126 Å². The standard InChI is InChI=1S/C13H17N3O6/c14-12(21)9-7(3-1-2-4-17)16(6-15-9)13-11(20)10(19)8(5-18)22-13/h6,8,10-11,13,17-20H,2,4-5H2,(H2,14,21)/t8-,10-,11-,13-/m1/s1. The molecule has 1 fully saturated rings. The van der Waals surface area contributed by atoms with E-state index in [1.165, 1.54) is 10.9 Å². The fourth-order valence-electron chi connectivity index (χ4n) is 2.17. The van der Waals surface area contributed by atoms with Gasteiger partial charge in [-0.05, 0) is 5.92 Å². The number of hydrogen-bond donors (Lipinski definition) is 5. The second kappa shape index (κ2) is 6.87. The van der Waals surface area contributed by atoms with Gasteiger partial charge >= 0.3 is 0 Å². The minimum Gasteiger partial charge on any atom is -0.395 e. The number of nitrogens with two attached hydrogens (primary N) is 1. The molecule has 4 atom stereocenters. The Kier molecular flexibility index (Phi) is 5.12. The topological polar surface area (TPSA) is 151 Å². The van der Waals surface area contributed by atoms with Gasteiger partial charge in [-0.1, -0.05) is 5.92 Å². The summed E-state index contributed by atoms with van der Waals surface area (Å²) in [5, 5.41) is 37.7. The summed E-state index contributed by atoms with van der Waals surface area (Å²) in [7, 11) is 0. The van der Waals surface area contributed by atoms with Crippen LogP contribution in [0.5, 0.6) is 0 Å². The van der Waals surface area contributed by atoms with Crippen LogP contribution in [0.4, 0.5) is 0 Å². The second-order valence-corrected chi connectivity index (χ2v) is 4.72. The zero-order valence-electron chi connectivity index (χ0n) is 11.6. The van der Waals surface area contributed by atoms with E-state index in [1.807, 2.05) is 0 Å². The lowest BCUT2D eigenvalue weighted by molar-refractivity contribution is -0.0531. The van der Waals surface area contributed by atoms with Crippen LogP contribution in [0.2, 0.25) is 0 Å². The first-order chi connectivity index (χ1) is 10.5. The lowest BCUT2D eigenvalue weighted by Gasteiger charge is -2.17. The van der Waals surface area contributed by atoms with Crippen LogP contribution < -0.4 is 5.73 Å². The summed E-state index contributed by atoms with van der Waals surface area (Å²) in [4.78, 5) is 15.2. The van der Waals surface area contributed by atoms with Crippen molar-refractivity contribution in [2.45, 2.75) is 31.0 Å². The molecule has 22 heavy (non-hydrogen) atoms. The van der Waals surface area contributed by atoms with Gasteiger partial charge < -0.3 is 30.9 Å². The monoisotopic (exact) mass is 311 g/mol. The Hall–Kier alpha value is -1.96. The Bertz CT molecular complexity index is 605. The van der Waals surface area contributed by atoms with E-state index in [9.17, 15) is 15.0 Å². The Balaban J connectivity index is 2.39. The van der Waals surface area contributed by atoms with Crippen molar-refractivity contribution in [1.29, 1.82) is 0 Å². The molecule has 0 spiro atoms. The maximum Gasteiger partial charge on any atom is 0.270 e. The molecule has 120 valence electrons. The first kappa shape index (κ1) is 16.4. The third-order valence-corrected chi connectivity index (χ3v) is 3.26. The van der Waals surface area contributed by atoms with E-state index in [2.05, 4.69) is 16.8 Å². The molecule has 2 heterocycles. The molecule has 1 aliphatic rings. The van der Waals surface area contributed by atoms with Crippen molar-refractivity contribution in [3.8, 4) is 11.8 Å². The number of imidazole rings is 1. The number of hydrogen-bond acceptors (Lipinski definition) is 7. The normalized spacial score (nSPS) is 27.5. The maximum atomic E-state index is 11.4. The molecule has 0 radical (unpaired) electrons. The van der Waals surface area contributed by atoms with Gasteiger partial charge in [-0.3, -0.25) is 9.36 Å². The molecule has 1 saturated heterocycles. The van der Waals surface area contributed by atoms with Gasteiger partial charge in [-0.15, -0.1) is 0 Å². The predicted molar refractivity (Wildman–Crippen MR) is 72.3 cm³/mol. The molecule has 0 aliphatic carbocycles. The Morgan fingerprint density at radius 3 is 2.68 bits per heavy atom. The Morgan fingerprint density at radius 1 is 1.41 bits per heavy atom. The van der Waals surface area contributed by atoms with E-state index in [1.54, 1.807) is 0 Å². The molecule has 9 nitrogen and oxygen atoms in total. The number of aromatic nitrogens is 2. The number of aliphatic hydroxyl groups is 4. The van der Waals surface area contributed by atoms with Crippen LogP contribution in [-0.4, -0.2) is 67.4 Å². The number of ether oxygens (including phenoxy) is 1. The minimum absolute atomic E-state index is 0.107. The summed E-state index contributed by atoms with van der Waals surface area (Å²) < 4.78 is 6.64. The highest BCUT2D eigenvalue weighted by atomic mass is 16.6. The summed E-state index contributed by atoms with van der Waals surface area (Å²) in [6.45, 7) is -0.626. The zero-order valence-corrected chi connectivity index (χ0v) is 11.6. The van der Waals surface area contributed by atoms with E-state index < -0.39 is 37.1 Å². The van der Waals surface area contributed by atoms with Crippen molar-refractivity contribution in [3.63, 3.8) is 0 Å². The van der Waals surface area contributed by atoms with Crippen molar-refractivity contribution in [1.82, 2.24) is 9.55 Å². The molecular weight excluding hydrogens is 294 g/mol. The second-order valence-electron chi connectivity index (χ2n) is 4.72. The smallest absolute Gasteiger partial charge is 0.270 e. The Morgan fingerprint density at radius 2 is 2.14 bits per heavy atom. The van der Waals surface area contributed by atoms with Crippen molar-refractivity contribution >= 4 is 5.91 Å². The maximum absolute atomic E-state index is 11.4. The molecule has 0 unspecified atom stereocenters. The number of amides is 1. The van der Waals surface area contributed by atoms with Crippen molar-refractivity contribution in [2.24, 2.45) is 5.73 Å². The fourth-order valence-corrected chi connectivity index (χ4v) is 2.17. The number of primary amides is 1. The average Bonchev–Trinajstić information content (AvgIpc) is 3.02. The molecule has 9 heteroatoms. The van der Waals surface area contributed by atoms with Crippen LogP contribution in [0.3, 0.4) is 0 Å². The van der Waals surface area contributed by atoms with Gasteiger partial charge in [0.1, 0.15) is 24.0 Å². The number of carbonyl (C=O) groups is 1. The van der Waals surface area contributed by atoms with Crippen LogP contribution in [0.15, 0.2) is 6.33 Å². The van der Waals surface area contributed by atoms with Crippen LogP contribution in [0, 0.1) is 11.8 Å². The van der Waals surface area contributed by atoms with E-state index >= 15 is 0 Å². The molecule has 6 N–H and O–H groups in total. The van der Waals surface area contributed by atoms with Crippen molar-refractivity contribution in [2.75, 3.05) is 13.2 Å². The van der Waals surface area contributed by atoms with Crippen LogP contribution in [0.25, 0.3) is 0 Å². The first-order valence-corrected chi connectivity index (χ1v) is 6.60. The van der Waals surface area contributed by atoms with Gasteiger partial charge in [0.2, 0.25) is 0 Å². The molecule has 1 amide bonds. The number of aliphatic hydroxyl groups excluding tert-OH is 4. The molecule has 0 saturated carbocycles. The average molecular weight is 311 g/mol. The third-order valence-electron chi connectivity index (χ3n) is 3.26. The van der Waals surface area contributed by atoms with Gasteiger partial charge in [-0.25, -0.2) is 4.98 Å². The molecule has 1 aliphatic heterocycles. The molecule has 1 aromatic rings. The van der Waals surface area contributed by atoms with E-state index in [-0.39, 0.29) is 24.4 Å². The zero-order chi connectivity index (χ0) is 16.3. The van der Waals surface area contributed by atoms with E-state index in [0.717, 1.165) is 0 Å². The van der Waals surface area contributed by atoms with Crippen LogP contribution >= 0.6 is 0 Å². The van der Waals surface area contributed by atoms with Crippen molar-refractivity contribution < 1.29 is 30.0 Å². The molecule has 0 aromatic carbocycles. The van der Waals surface area contributed by atoms with Gasteiger partial charge in [-0.2, -0.15) is 0 Å². The fraction of sp³-hybridized carbons (Fsp3) is 0.538. The van der Waals surface area contributed by atoms with E-state index in [4.69, 9.17) is 20.7 Å². The summed E-state index contributed by atoms with van der Waals surface area (Å²) >= 11 is 0. The first-order valence-electron chi connectivity index (χ1n) is 6.60. The lowest BCUT2D eigenvalue weighted by Crippen LogP contribution is -2.33. The van der Waals surface area contributed by atoms with Gasteiger partial charge in [0.05, 0.1) is 19.5 Å². The third kappa shape index (κ3) is 2.96. The number of rotatable bonds is 4. The molecular formula is C13H17N3O6.